The minimum atomic E-state index is -1.12. The molecule has 0 radical (unpaired) electrons. The Morgan fingerprint density at radius 2 is 1.73 bits per heavy atom. The molecule has 1 heterocycles. The van der Waals surface area contributed by atoms with E-state index in [1.807, 2.05) is 22.9 Å². The van der Waals surface area contributed by atoms with Crippen LogP contribution in [0.3, 0.4) is 0 Å². The molecule has 26 heavy (non-hydrogen) atoms. The summed E-state index contributed by atoms with van der Waals surface area (Å²) < 4.78 is 1.84. The molecule has 0 saturated carbocycles. The van der Waals surface area contributed by atoms with Gasteiger partial charge in [-0.15, -0.1) is 0 Å². The molecule has 3 rings (SSSR count). The van der Waals surface area contributed by atoms with Crippen LogP contribution in [-0.4, -0.2) is 32.9 Å². The molecular weight excluding hydrogens is 356 g/mol. The van der Waals surface area contributed by atoms with Crippen LogP contribution in [-0.2, 0) is 0 Å². The Balaban J connectivity index is 1.89. The normalized spacial score (nSPS) is 11.0. The van der Waals surface area contributed by atoms with Crippen molar-refractivity contribution < 1.29 is 19.8 Å². The predicted molar refractivity (Wildman–Crippen MR) is 98.4 cm³/mol. The Kier molecular flexibility index (Phi) is 4.86. The van der Waals surface area contributed by atoms with Crippen molar-refractivity contribution in [2.45, 2.75) is 0 Å². The summed E-state index contributed by atoms with van der Waals surface area (Å²) in [6, 6.07) is 14.6. The van der Waals surface area contributed by atoms with Crippen LogP contribution >= 0.6 is 11.6 Å². The van der Waals surface area contributed by atoms with E-state index in [-0.39, 0.29) is 16.1 Å². The molecule has 7 heteroatoms. The Morgan fingerprint density at radius 1 is 1.00 bits per heavy atom. The van der Waals surface area contributed by atoms with Crippen LogP contribution in [0.1, 0.15) is 26.4 Å². The van der Waals surface area contributed by atoms with E-state index in [1.54, 1.807) is 24.4 Å². The van der Waals surface area contributed by atoms with Crippen LogP contribution in [0.4, 0.5) is 5.69 Å². The fourth-order valence-corrected chi connectivity index (χ4v) is 2.60. The van der Waals surface area contributed by atoms with Gasteiger partial charge in [0.05, 0.1) is 33.7 Å². The number of aliphatic imine (C=N–C) groups is 1. The zero-order chi connectivity index (χ0) is 18.7. The number of carboxylic acids is 2. The average molecular weight is 369 g/mol. The van der Waals surface area contributed by atoms with E-state index < -0.39 is 11.9 Å². The van der Waals surface area contributed by atoms with Crippen molar-refractivity contribution in [2.24, 2.45) is 4.99 Å². The predicted octanol–water partition coefficient (Wildman–Crippen LogP) is 4.28. The number of carboxylic acid groups (broad SMARTS) is 2. The van der Waals surface area contributed by atoms with Gasteiger partial charge in [0.15, 0.2) is 0 Å². The van der Waals surface area contributed by atoms with Crippen LogP contribution < -0.4 is 0 Å². The topological polar surface area (TPSA) is 91.9 Å². The fourth-order valence-electron chi connectivity index (χ4n) is 2.40. The number of hydrogen-bond acceptors (Lipinski definition) is 3. The lowest BCUT2D eigenvalue weighted by atomic mass is 10.2. The Bertz CT molecular complexity index is 1010. The lowest BCUT2D eigenvalue weighted by molar-refractivity contribution is 0.0686. The maximum absolute atomic E-state index is 11.1. The summed E-state index contributed by atoms with van der Waals surface area (Å²) in [6.07, 6.45) is 3.42. The number of rotatable bonds is 5. The summed E-state index contributed by atoms with van der Waals surface area (Å²) >= 11 is 5.85. The van der Waals surface area contributed by atoms with E-state index in [1.165, 1.54) is 24.3 Å². The van der Waals surface area contributed by atoms with Crippen LogP contribution in [0, 0.1) is 0 Å². The number of carbonyl (C=O) groups is 2. The molecule has 0 fully saturated rings. The van der Waals surface area contributed by atoms with Crippen molar-refractivity contribution in [1.29, 1.82) is 0 Å². The number of benzene rings is 2. The van der Waals surface area contributed by atoms with Gasteiger partial charge in [-0.05, 0) is 54.6 Å². The van der Waals surface area contributed by atoms with E-state index >= 15 is 0 Å². The Labute approximate surface area is 153 Å². The lowest BCUT2D eigenvalue weighted by Crippen LogP contribution is -2.00. The van der Waals surface area contributed by atoms with Gasteiger partial charge in [-0.1, -0.05) is 11.6 Å². The largest absolute Gasteiger partial charge is 0.478 e. The lowest BCUT2D eigenvalue weighted by Gasteiger charge is -2.07. The monoisotopic (exact) mass is 368 g/mol. The fraction of sp³-hybridized carbons (Fsp3) is 0. The minimum Gasteiger partial charge on any atom is -0.478 e. The van der Waals surface area contributed by atoms with E-state index in [2.05, 4.69) is 4.99 Å². The second-order valence-electron chi connectivity index (χ2n) is 5.38. The minimum absolute atomic E-state index is 0.0130. The Hall–Kier alpha value is -3.38. The van der Waals surface area contributed by atoms with Gasteiger partial charge in [-0.25, -0.2) is 9.59 Å². The highest BCUT2D eigenvalue weighted by Crippen LogP contribution is 2.23. The van der Waals surface area contributed by atoms with Gasteiger partial charge in [0.25, 0.3) is 0 Å². The molecule has 0 aliphatic carbocycles. The molecule has 2 aromatic carbocycles. The number of aromatic nitrogens is 1. The summed E-state index contributed by atoms with van der Waals surface area (Å²) in [5.74, 6) is -2.10. The summed E-state index contributed by atoms with van der Waals surface area (Å²) in [4.78, 5) is 26.4. The summed E-state index contributed by atoms with van der Waals surface area (Å²) in [6.45, 7) is 0. The average Bonchev–Trinajstić information content (AvgIpc) is 3.09. The molecule has 3 aromatic rings. The van der Waals surface area contributed by atoms with Gasteiger partial charge in [-0.2, -0.15) is 0 Å². The first-order valence-electron chi connectivity index (χ1n) is 7.54. The molecule has 2 N–H and O–H groups in total. The highest BCUT2D eigenvalue weighted by Gasteiger charge is 2.09. The molecule has 0 unspecified atom stereocenters. The van der Waals surface area contributed by atoms with Crippen molar-refractivity contribution in [1.82, 2.24) is 4.57 Å². The van der Waals surface area contributed by atoms with E-state index in [9.17, 15) is 9.59 Å². The smallest absolute Gasteiger partial charge is 0.337 e. The van der Waals surface area contributed by atoms with Crippen molar-refractivity contribution in [3.63, 3.8) is 0 Å². The first-order chi connectivity index (χ1) is 12.5. The Morgan fingerprint density at radius 3 is 2.38 bits per heavy atom. The number of halogens is 1. The van der Waals surface area contributed by atoms with Gasteiger partial charge >= 0.3 is 11.9 Å². The molecular formula is C19H13ClN2O4. The molecule has 0 spiro atoms. The van der Waals surface area contributed by atoms with Crippen LogP contribution in [0.15, 0.2) is 65.8 Å². The second kappa shape index (κ2) is 7.25. The number of aromatic carboxylic acids is 2. The van der Waals surface area contributed by atoms with E-state index in [0.29, 0.717) is 5.69 Å². The van der Waals surface area contributed by atoms with Gasteiger partial charge in [-0.3, -0.25) is 4.99 Å². The maximum atomic E-state index is 11.1. The molecule has 0 aliphatic heterocycles. The third-order valence-corrected chi connectivity index (χ3v) is 4.03. The molecule has 0 amide bonds. The standard InChI is InChI=1S/C19H13ClN2O4/c20-17-8-5-13(10-16(17)19(25)26)21-11-15-2-1-9-22(15)14-6-3-12(4-7-14)18(23)24/h1-11H,(H,23,24)(H,25,26). The van der Waals surface area contributed by atoms with E-state index in [4.69, 9.17) is 21.8 Å². The number of hydrogen-bond donors (Lipinski definition) is 2. The van der Waals surface area contributed by atoms with Crippen molar-refractivity contribution in [3.05, 3.63) is 82.6 Å². The zero-order valence-corrected chi connectivity index (χ0v) is 14.1. The third kappa shape index (κ3) is 3.65. The first-order valence-corrected chi connectivity index (χ1v) is 7.91. The molecule has 0 bridgehead atoms. The quantitative estimate of drug-likeness (QED) is 0.657. The molecule has 130 valence electrons. The molecule has 0 aliphatic rings. The van der Waals surface area contributed by atoms with Crippen LogP contribution in [0.5, 0.6) is 0 Å². The highest BCUT2D eigenvalue weighted by molar-refractivity contribution is 6.33. The third-order valence-electron chi connectivity index (χ3n) is 3.70. The van der Waals surface area contributed by atoms with Crippen LogP contribution in [0.25, 0.3) is 5.69 Å². The van der Waals surface area contributed by atoms with Gasteiger partial charge in [0.1, 0.15) is 0 Å². The highest BCUT2D eigenvalue weighted by atomic mass is 35.5. The van der Waals surface area contributed by atoms with Crippen molar-refractivity contribution >= 4 is 35.4 Å². The van der Waals surface area contributed by atoms with Crippen molar-refractivity contribution in [3.8, 4) is 5.69 Å². The summed E-state index contributed by atoms with van der Waals surface area (Å²) in [5, 5.41) is 18.2. The molecule has 1 aromatic heterocycles. The van der Waals surface area contributed by atoms with Gasteiger partial charge in [0, 0.05) is 11.9 Å². The maximum Gasteiger partial charge on any atom is 0.337 e. The van der Waals surface area contributed by atoms with Crippen molar-refractivity contribution in [2.75, 3.05) is 0 Å². The molecule has 6 nitrogen and oxygen atoms in total. The first kappa shape index (κ1) is 17.4. The summed E-state index contributed by atoms with van der Waals surface area (Å²) in [5.41, 5.74) is 2.18. The second-order valence-corrected chi connectivity index (χ2v) is 5.79. The zero-order valence-electron chi connectivity index (χ0n) is 13.3. The number of nitrogens with zero attached hydrogens (tertiary/aromatic N) is 2. The molecule has 0 saturated heterocycles. The van der Waals surface area contributed by atoms with Gasteiger partial charge in [0.2, 0.25) is 0 Å². The molecule has 0 atom stereocenters. The van der Waals surface area contributed by atoms with E-state index in [0.717, 1.165) is 11.4 Å². The van der Waals surface area contributed by atoms with Gasteiger partial charge < -0.3 is 14.8 Å². The van der Waals surface area contributed by atoms with Crippen LogP contribution in [0.2, 0.25) is 5.02 Å². The SMILES string of the molecule is O=C(O)c1ccc(-n2cccc2C=Nc2ccc(Cl)c(C(=O)O)c2)cc1. The summed E-state index contributed by atoms with van der Waals surface area (Å²) in [7, 11) is 0.